The Hall–Kier alpha value is -3.08. The molecule has 11 heteroatoms. The molecule has 1 amide bonds. The number of hydrogen-bond acceptors (Lipinski definition) is 6. The Balaban J connectivity index is 1.64. The Morgan fingerprint density at radius 1 is 1.33 bits per heavy atom. The average molecular weight is 418 g/mol. The summed E-state index contributed by atoms with van der Waals surface area (Å²) in [5.74, 6) is 0.622. The molecule has 0 aromatic carbocycles. The first-order chi connectivity index (χ1) is 14.3. The smallest absolute Gasteiger partial charge is 0.284 e. The number of rotatable bonds is 4. The maximum atomic E-state index is 13.2. The van der Waals surface area contributed by atoms with Gasteiger partial charge < -0.3 is 15.5 Å². The molecular weight excluding hydrogens is 394 g/mol. The fraction of sp³-hybridized carbons (Fsp3) is 0.474. The highest BCUT2D eigenvalue weighted by atomic mass is 19.3. The Kier molecular flexibility index (Phi) is 5.37. The van der Waals surface area contributed by atoms with Crippen molar-refractivity contribution in [3.05, 3.63) is 35.9 Å². The minimum absolute atomic E-state index is 0.0331. The first kappa shape index (κ1) is 20.2. The third-order valence-electron chi connectivity index (χ3n) is 5.08. The number of carbonyl (C=O) groups excluding carboxylic acids is 1. The van der Waals surface area contributed by atoms with Gasteiger partial charge in [0.1, 0.15) is 11.4 Å². The van der Waals surface area contributed by atoms with Crippen LogP contribution in [0.4, 0.5) is 20.3 Å². The van der Waals surface area contributed by atoms with E-state index < -0.39 is 18.0 Å². The van der Waals surface area contributed by atoms with Gasteiger partial charge in [-0.25, -0.2) is 18.3 Å². The van der Waals surface area contributed by atoms with E-state index in [4.69, 9.17) is 0 Å². The van der Waals surface area contributed by atoms with Crippen LogP contribution in [0.3, 0.4) is 0 Å². The molecule has 0 radical (unpaired) electrons. The van der Waals surface area contributed by atoms with E-state index in [1.54, 1.807) is 6.20 Å². The summed E-state index contributed by atoms with van der Waals surface area (Å²) >= 11 is 0. The molecule has 30 heavy (non-hydrogen) atoms. The van der Waals surface area contributed by atoms with E-state index in [-0.39, 0.29) is 11.3 Å². The second kappa shape index (κ2) is 7.98. The number of nitrogens with one attached hydrogen (secondary N) is 2. The van der Waals surface area contributed by atoms with Crippen LogP contribution in [0.1, 0.15) is 36.3 Å². The summed E-state index contributed by atoms with van der Waals surface area (Å²) in [6.07, 6.45) is 1.68. The van der Waals surface area contributed by atoms with E-state index in [2.05, 4.69) is 44.6 Å². The molecule has 1 saturated heterocycles. The fourth-order valence-electron chi connectivity index (χ4n) is 3.65. The molecule has 0 bridgehead atoms. The third kappa shape index (κ3) is 3.97. The average Bonchev–Trinajstić information content (AvgIpc) is 3.23. The first-order valence-electron chi connectivity index (χ1n) is 9.77. The van der Waals surface area contributed by atoms with Crippen molar-refractivity contribution in [1.29, 1.82) is 0 Å². The monoisotopic (exact) mass is 418 g/mol. The molecule has 3 aromatic rings. The number of hydrogen-bond donors (Lipinski definition) is 2. The normalized spacial score (nSPS) is 20.0. The van der Waals surface area contributed by atoms with Crippen LogP contribution in [-0.2, 0) is 7.05 Å². The number of carbonyl (C=O) groups is 1. The molecule has 1 fully saturated rings. The maximum absolute atomic E-state index is 13.2. The van der Waals surface area contributed by atoms with Crippen LogP contribution in [0.15, 0.2) is 24.7 Å². The summed E-state index contributed by atoms with van der Waals surface area (Å²) in [5, 5.41) is 13.9. The van der Waals surface area contributed by atoms with Crippen LogP contribution in [-0.4, -0.2) is 56.0 Å². The highest BCUT2D eigenvalue weighted by Gasteiger charge is 2.24. The molecule has 2 N–H and O–H groups in total. The van der Waals surface area contributed by atoms with E-state index in [1.807, 2.05) is 6.07 Å². The molecule has 160 valence electrons. The van der Waals surface area contributed by atoms with Crippen LogP contribution >= 0.6 is 0 Å². The number of fused-ring (bicyclic) bond motifs is 1. The minimum atomic E-state index is -2.80. The zero-order chi connectivity index (χ0) is 21.4. The molecular formula is C19H24F2N8O. The van der Waals surface area contributed by atoms with E-state index in [0.29, 0.717) is 17.6 Å². The Bertz CT molecular complexity index is 1050. The molecule has 0 aliphatic carbocycles. The zero-order valence-electron chi connectivity index (χ0n) is 17.0. The quantitative estimate of drug-likeness (QED) is 0.674. The molecule has 3 aromatic heterocycles. The van der Waals surface area contributed by atoms with Gasteiger partial charge in [-0.3, -0.25) is 9.48 Å². The second-order valence-electron chi connectivity index (χ2n) is 7.79. The van der Waals surface area contributed by atoms with Gasteiger partial charge in [-0.1, -0.05) is 6.92 Å². The van der Waals surface area contributed by atoms with Gasteiger partial charge in [-0.05, 0) is 25.5 Å². The predicted octanol–water partition coefficient (Wildman–Crippen LogP) is 2.09. The maximum Gasteiger partial charge on any atom is 0.284 e. The molecule has 4 heterocycles. The topological polar surface area (TPSA) is 92.4 Å². The molecule has 0 unspecified atom stereocenters. The lowest BCUT2D eigenvalue weighted by molar-refractivity contribution is 0.102. The molecule has 9 nitrogen and oxygen atoms in total. The fourth-order valence-corrected chi connectivity index (χ4v) is 3.65. The van der Waals surface area contributed by atoms with Crippen molar-refractivity contribution < 1.29 is 13.6 Å². The van der Waals surface area contributed by atoms with E-state index in [0.717, 1.165) is 25.5 Å². The van der Waals surface area contributed by atoms with Crippen molar-refractivity contribution in [2.45, 2.75) is 26.3 Å². The standard InChI is InChI=1S/C19H24F2N8O/c1-11-6-22-12(2)9-28(8-11)15-4-5-29-18(25-15)13(7-23-29)19(30)24-14-10-27(3)26-16(14)17(20)21/h4-5,7,10-12,17,22H,6,8-9H2,1-3H3,(H,24,30)/t11-,12-/m1/s1. The van der Waals surface area contributed by atoms with Gasteiger partial charge in [0.15, 0.2) is 11.3 Å². The van der Waals surface area contributed by atoms with Gasteiger partial charge in [0.05, 0.1) is 11.9 Å². The number of aryl methyl sites for hydroxylation is 1. The Labute approximate surface area is 172 Å². The number of halogens is 2. The van der Waals surface area contributed by atoms with Crippen LogP contribution in [0.25, 0.3) is 5.65 Å². The summed E-state index contributed by atoms with van der Waals surface area (Å²) in [6, 6.07) is 2.17. The molecule has 2 atom stereocenters. The summed E-state index contributed by atoms with van der Waals surface area (Å²) in [5.41, 5.74) is 0.0604. The van der Waals surface area contributed by atoms with Gasteiger partial charge in [-0.15, -0.1) is 0 Å². The SMILES string of the molecule is C[C@@H]1CN[C@H](C)CN(c2ccn3ncc(C(=O)Nc4cn(C)nc4C(F)F)c3n2)C1. The number of anilines is 2. The summed E-state index contributed by atoms with van der Waals surface area (Å²) in [6.45, 7) is 6.84. The van der Waals surface area contributed by atoms with E-state index in [9.17, 15) is 13.6 Å². The number of aromatic nitrogens is 5. The number of amides is 1. The lowest BCUT2D eigenvalue weighted by Crippen LogP contribution is -2.35. The van der Waals surface area contributed by atoms with Crippen molar-refractivity contribution in [1.82, 2.24) is 29.7 Å². The Morgan fingerprint density at radius 3 is 2.90 bits per heavy atom. The summed E-state index contributed by atoms with van der Waals surface area (Å²) in [7, 11) is 1.52. The van der Waals surface area contributed by atoms with E-state index in [1.165, 1.54) is 28.6 Å². The zero-order valence-corrected chi connectivity index (χ0v) is 17.0. The van der Waals surface area contributed by atoms with Gasteiger partial charge in [-0.2, -0.15) is 10.2 Å². The largest absolute Gasteiger partial charge is 0.355 e. The van der Waals surface area contributed by atoms with Gasteiger partial charge >= 0.3 is 0 Å². The second-order valence-corrected chi connectivity index (χ2v) is 7.79. The summed E-state index contributed by atoms with van der Waals surface area (Å²) in [4.78, 5) is 19.7. The van der Waals surface area contributed by atoms with Crippen molar-refractivity contribution in [3.8, 4) is 0 Å². The Morgan fingerprint density at radius 2 is 2.13 bits per heavy atom. The lowest BCUT2D eigenvalue weighted by atomic mass is 10.2. The van der Waals surface area contributed by atoms with Crippen LogP contribution in [0, 0.1) is 5.92 Å². The molecule has 1 aliphatic heterocycles. The molecule has 4 rings (SSSR count). The van der Waals surface area contributed by atoms with Gasteiger partial charge in [0.2, 0.25) is 0 Å². The van der Waals surface area contributed by atoms with Gasteiger partial charge in [0.25, 0.3) is 12.3 Å². The van der Waals surface area contributed by atoms with Crippen molar-refractivity contribution >= 4 is 23.1 Å². The lowest BCUT2D eigenvalue weighted by Gasteiger charge is -2.25. The minimum Gasteiger partial charge on any atom is -0.355 e. The third-order valence-corrected chi connectivity index (χ3v) is 5.08. The molecule has 0 saturated carbocycles. The summed E-state index contributed by atoms with van der Waals surface area (Å²) < 4.78 is 29.1. The van der Waals surface area contributed by atoms with Crippen molar-refractivity contribution in [2.75, 3.05) is 29.9 Å². The predicted molar refractivity (Wildman–Crippen MR) is 108 cm³/mol. The number of alkyl halides is 2. The molecule has 0 spiro atoms. The van der Waals surface area contributed by atoms with Crippen LogP contribution in [0.2, 0.25) is 0 Å². The number of nitrogens with zero attached hydrogens (tertiary/aromatic N) is 6. The first-order valence-corrected chi connectivity index (χ1v) is 9.77. The van der Waals surface area contributed by atoms with Crippen LogP contribution < -0.4 is 15.5 Å². The van der Waals surface area contributed by atoms with Crippen molar-refractivity contribution in [3.63, 3.8) is 0 Å². The van der Waals surface area contributed by atoms with Crippen molar-refractivity contribution in [2.24, 2.45) is 13.0 Å². The highest BCUT2D eigenvalue weighted by molar-refractivity contribution is 6.08. The van der Waals surface area contributed by atoms with Crippen LogP contribution in [0.5, 0.6) is 0 Å². The van der Waals surface area contributed by atoms with E-state index >= 15 is 0 Å². The highest BCUT2D eigenvalue weighted by Crippen LogP contribution is 2.26. The van der Waals surface area contributed by atoms with Gasteiger partial charge in [0, 0.05) is 38.6 Å². The molecule has 1 aliphatic rings.